The Kier molecular flexibility index (Phi) is 5.50. The van der Waals surface area contributed by atoms with Gasteiger partial charge in [0.25, 0.3) is 0 Å². The highest BCUT2D eigenvalue weighted by Gasteiger charge is 2.18. The van der Waals surface area contributed by atoms with E-state index in [9.17, 15) is 13.6 Å². The largest absolute Gasteiger partial charge is 0.493 e. The summed E-state index contributed by atoms with van der Waals surface area (Å²) >= 11 is 1.15. The van der Waals surface area contributed by atoms with Crippen molar-refractivity contribution in [2.45, 2.75) is 17.3 Å². The van der Waals surface area contributed by atoms with E-state index in [0.29, 0.717) is 33.4 Å². The van der Waals surface area contributed by atoms with Crippen LogP contribution in [0.4, 0.5) is 14.5 Å². The number of hydrogen-bond donors (Lipinski definition) is 2. The van der Waals surface area contributed by atoms with Crippen LogP contribution in [0.2, 0.25) is 0 Å². The van der Waals surface area contributed by atoms with Gasteiger partial charge in [0.2, 0.25) is 5.91 Å². The van der Waals surface area contributed by atoms with Gasteiger partial charge in [0.1, 0.15) is 0 Å². The predicted octanol–water partition coefficient (Wildman–Crippen LogP) is 3.98. The lowest BCUT2D eigenvalue weighted by atomic mass is 10.2. The molecule has 1 heterocycles. The Balaban J connectivity index is 1.70. The molecule has 142 valence electrons. The molecule has 0 fully saturated rings. The fourth-order valence-corrected chi connectivity index (χ4v) is 3.24. The number of fused-ring (bicyclic) bond motifs is 1. The fourth-order valence-electron chi connectivity index (χ4n) is 2.42. The molecule has 2 aromatic carbocycles. The first-order valence-electron chi connectivity index (χ1n) is 7.95. The van der Waals surface area contributed by atoms with Crippen LogP contribution in [-0.4, -0.2) is 35.3 Å². The number of anilines is 1. The maximum atomic E-state index is 13.3. The maximum absolute atomic E-state index is 13.3. The van der Waals surface area contributed by atoms with E-state index in [-0.39, 0.29) is 5.91 Å². The van der Waals surface area contributed by atoms with Crippen molar-refractivity contribution >= 4 is 34.4 Å². The zero-order valence-electron chi connectivity index (χ0n) is 14.8. The normalized spacial score (nSPS) is 12.0. The summed E-state index contributed by atoms with van der Waals surface area (Å²) in [7, 11) is 3.04. The average Bonchev–Trinajstić information content (AvgIpc) is 3.02. The van der Waals surface area contributed by atoms with Gasteiger partial charge in [-0.25, -0.2) is 13.8 Å². The molecule has 27 heavy (non-hydrogen) atoms. The molecular formula is C18H17F2N3O3S. The van der Waals surface area contributed by atoms with Crippen molar-refractivity contribution in [2.75, 3.05) is 19.5 Å². The quantitative estimate of drug-likeness (QED) is 0.620. The third kappa shape index (κ3) is 4.13. The maximum Gasteiger partial charge on any atom is 0.237 e. The molecular weight excluding hydrogens is 376 g/mol. The Bertz CT molecular complexity index is 954. The molecule has 0 aliphatic carbocycles. The van der Waals surface area contributed by atoms with Crippen LogP contribution in [0, 0.1) is 11.6 Å². The lowest BCUT2D eigenvalue weighted by Gasteiger charge is -2.13. The van der Waals surface area contributed by atoms with Gasteiger partial charge in [-0.2, -0.15) is 0 Å². The summed E-state index contributed by atoms with van der Waals surface area (Å²) in [5.74, 6) is -1.13. The number of halogens is 2. The number of amides is 1. The van der Waals surface area contributed by atoms with Crippen LogP contribution in [0.25, 0.3) is 11.0 Å². The number of nitrogens with zero attached hydrogens (tertiary/aromatic N) is 1. The van der Waals surface area contributed by atoms with Crippen LogP contribution in [0.3, 0.4) is 0 Å². The average molecular weight is 393 g/mol. The van der Waals surface area contributed by atoms with E-state index in [1.165, 1.54) is 14.2 Å². The molecule has 1 amide bonds. The number of imidazole rings is 1. The highest BCUT2D eigenvalue weighted by molar-refractivity contribution is 8.00. The number of carbonyl (C=O) groups excluding carboxylic acids is 1. The summed E-state index contributed by atoms with van der Waals surface area (Å²) < 4.78 is 37.0. The van der Waals surface area contributed by atoms with Crippen LogP contribution in [0.5, 0.6) is 11.5 Å². The van der Waals surface area contributed by atoms with Gasteiger partial charge in [-0.15, -0.1) is 0 Å². The van der Waals surface area contributed by atoms with Gasteiger partial charge in [-0.05, 0) is 19.1 Å². The second kappa shape index (κ2) is 7.83. The zero-order chi connectivity index (χ0) is 19.6. The first-order valence-corrected chi connectivity index (χ1v) is 8.83. The third-order valence-electron chi connectivity index (χ3n) is 3.81. The van der Waals surface area contributed by atoms with E-state index in [0.717, 1.165) is 23.9 Å². The summed E-state index contributed by atoms with van der Waals surface area (Å²) in [6, 6.07) is 7.09. The van der Waals surface area contributed by atoms with Crippen LogP contribution in [0.15, 0.2) is 35.5 Å². The second-order valence-corrected chi connectivity index (χ2v) is 6.97. The number of rotatable bonds is 6. The number of methoxy groups -OCH3 is 2. The Morgan fingerprint density at radius 1 is 1.15 bits per heavy atom. The van der Waals surface area contributed by atoms with Crippen molar-refractivity contribution < 1.29 is 23.0 Å². The first kappa shape index (κ1) is 19.0. The van der Waals surface area contributed by atoms with Gasteiger partial charge < -0.3 is 19.8 Å². The summed E-state index contributed by atoms with van der Waals surface area (Å²) in [5, 5.41) is 2.67. The van der Waals surface area contributed by atoms with Crippen molar-refractivity contribution in [2.24, 2.45) is 0 Å². The van der Waals surface area contributed by atoms with Crippen molar-refractivity contribution in [3.05, 3.63) is 42.0 Å². The molecule has 0 aliphatic rings. The minimum Gasteiger partial charge on any atom is -0.493 e. The SMILES string of the molecule is COc1ccc(NC(=O)C(C)Sc2nc3cc(F)c(F)cc3[nH]2)cc1OC. The van der Waals surface area contributed by atoms with Gasteiger partial charge in [0, 0.05) is 23.9 Å². The van der Waals surface area contributed by atoms with Gasteiger partial charge in [-0.1, -0.05) is 11.8 Å². The van der Waals surface area contributed by atoms with Gasteiger partial charge in [0.15, 0.2) is 28.3 Å². The van der Waals surface area contributed by atoms with Gasteiger partial charge in [-0.3, -0.25) is 4.79 Å². The monoisotopic (exact) mass is 393 g/mol. The van der Waals surface area contributed by atoms with Gasteiger partial charge in [0.05, 0.1) is 30.5 Å². The van der Waals surface area contributed by atoms with Crippen LogP contribution in [-0.2, 0) is 4.79 Å². The number of hydrogen-bond acceptors (Lipinski definition) is 5. The predicted molar refractivity (Wildman–Crippen MR) is 99.5 cm³/mol. The van der Waals surface area contributed by atoms with Crippen molar-refractivity contribution in [3.63, 3.8) is 0 Å². The van der Waals surface area contributed by atoms with E-state index in [1.54, 1.807) is 25.1 Å². The number of ether oxygens (including phenoxy) is 2. The molecule has 0 aliphatic heterocycles. The number of benzene rings is 2. The standard InChI is InChI=1S/C18H17F2N3O3S/c1-9(17(24)21-10-4-5-15(25-2)16(6-10)26-3)27-18-22-13-7-11(19)12(20)8-14(13)23-18/h4-9H,1-3H3,(H,21,24)(H,22,23). The molecule has 1 unspecified atom stereocenters. The molecule has 1 atom stereocenters. The van der Waals surface area contributed by atoms with E-state index >= 15 is 0 Å². The Morgan fingerprint density at radius 3 is 2.56 bits per heavy atom. The van der Waals surface area contributed by atoms with Crippen LogP contribution in [0.1, 0.15) is 6.92 Å². The second-order valence-electron chi connectivity index (χ2n) is 5.64. The Hall–Kier alpha value is -2.81. The van der Waals surface area contributed by atoms with Crippen molar-refractivity contribution in [1.29, 1.82) is 0 Å². The smallest absolute Gasteiger partial charge is 0.237 e. The topological polar surface area (TPSA) is 76.2 Å². The van der Waals surface area contributed by atoms with Crippen LogP contribution >= 0.6 is 11.8 Å². The zero-order valence-corrected chi connectivity index (χ0v) is 15.6. The number of nitrogens with one attached hydrogen (secondary N) is 2. The van der Waals surface area contributed by atoms with Crippen molar-refractivity contribution in [1.82, 2.24) is 9.97 Å². The molecule has 0 bridgehead atoms. The first-order chi connectivity index (χ1) is 12.9. The lowest BCUT2D eigenvalue weighted by molar-refractivity contribution is -0.115. The minimum atomic E-state index is -0.968. The molecule has 1 aromatic heterocycles. The molecule has 0 radical (unpaired) electrons. The third-order valence-corrected chi connectivity index (χ3v) is 4.80. The molecule has 9 heteroatoms. The number of aromatic nitrogens is 2. The Labute approximate surface area is 158 Å². The van der Waals surface area contributed by atoms with E-state index < -0.39 is 16.9 Å². The molecule has 0 saturated heterocycles. The highest BCUT2D eigenvalue weighted by atomic mass is 32.2. The van der Waals surface area contributed by atoms with E-state index in [2.05, 4.69) is 15.3 Å². The molecule has 3 rings (SSSR count). The van der Waals surface area contributed by atoms with Crippen molar-refractivity contribution in [3.8, 4) is 11.5 Å². The number of H-pyrrole nitrogens is 1. The molecule has 2 N–H and O–H groups in total. The number of thioether (sulfide) groups is 1. The summed E-state index contributed by atoms with van der Waals surface area (Å²) in [4.78, 5) is 19.5. The summed E-state index contributed by atoms with van der Waals surface area (Å²) in [5.41, 5.74) is 1.21. The molecule has 3 aromatic rings. The van der Waals surface area contributed by atoms with Gasteiger partial charge >= 0.3 is 0 Å². The minimum absolute atomic E-state index is 0.259. The summed E-state index contributed by atoms with van der Waals surface area (Å²) in [6.45, 7) is 1.70. The molecule has 0 spiro atoms. The summed E-state index contributed by atoms with van der Waals surface area (Å²) in [6.07, 6.45) is 0. The molecule has 0 saturated carbocycles. The lowest BCUT2D eigenvalue weighted by Crippen LogP contribution is -2.22. The number of aromatic amines is 1. The number of carbonyl (C=O) groups is 1. The highest BCUT2D eigenvalue weighted by Crippen LogP contribution is 2.30. The van der Waals surface area contributed by atoms with E-state index in [4.69, 9.17) is 9.47 Å². The fraction of sp³-hybridized carbons (Fsp3) is 0.222. The molecule has 6 nitrogen and oxygen atoms in total. The van der Waals surface area contributed by atoms with Crippen LogP contribution < -0.4 is 14.8 Å². The van der Waals surface area contributed by atoms with E-state index in [1.807, 2.05) is 0 Å². The Morgan fingerprint density at radius 2 is 1.85 bits per heavy atom.